The number of carbonyl (C=O) groups is 1. The summed E-state index contributed by atoms with van der Waals surface area (Å²) in [4.78, 5) is 15.3. The molecular weight excluding hydrogens is 240 g/mol. The third-order valence-corrected chi connectivity index (χ3v) is 2.77. The topological polar surface area (TPSA) is 63.0 Å². The van der Waals surface area contributed by atoms with Crippen LogP contribution in [0.2, 0.25) is 0 Å². The van der Waals surface area contributed by atoms with Crippen molar-refractivity contribution in [3.05, 3.63) is 59.1 Å². The maximum Gasteiger partial charge on any atom is 0.153 e. The van der Waals surface area contributed by atoms with Crippen molar-refractivity contribution in [1.29, 1.82) is 5.26 Å². The molecule has 4 heteroatoms. The zero-order valence-corrected chi connectivity index (χ0v) is 10.5. The molecule has 0 saturated heterocycles. The number of hydrogen-bond donors (Lipinski definition) is 0. The van der Waals surface area contributed by atoms with Crippen molar-refractivity contribution in [1.82, 2.24) is 4.98 Å². The number of nitrogens with zero attached hydrogens (tertiary/aromatic N) is 2. The van der Waals surface area contributed by atoms with Crippen LogP contribution in [0.15, 0.2) is 47.9 Å². The molecule has 0 radical (unpaired) electrons. The van der Waals surface area contributed by atoms with Crippen molar-refractivity contribution in [2.24, 2.45) is 0 Å². The van der Waals surface area contributed by atoms with Gasteiger partial charge in [0.05, 0.1) is 23.9 Å². The van der Waals surface area contributed by atoms with Gasteiger partial charge in [-0.15, -0.1) is 0 Å². The van der Waals surface area contributed by atoms with E-state index in [2.05, 4.69) is 4.98 Å². The molecule has 1 aromatic rings. The van der Waals surface area contributed by atoms with Gasteiger partial charge >= 0.3 is 0 Å². The van der Waals surface area contributed by atoms with E-state index in [0.717, 1.165) is 17.6 Å². The number of allylic oxidation sites excluding steroid dienone is 5. The molecule has 1 aliphatic carbocycles. The Morgan fingerprint density at radius 3 is 2.84 bits per heavy atom. The molecule has 19 heavy (non-hydrogen) atoms. The summed E-state index contributed by atoms with van der Waals surface area (Å²) in [5, 5.41) is 8.74. The predicted molar refractivity (Wildman–Crippen MR) is 70.8 cm³/mol. The third kappa shape index (κ3) is 2.78. The minimum Gasteiger partial charge on any atom is -0.496 e. The Kier molecular flexibility index (Phi) is 3.89. The zero-order valence-electron chi connectivity index (χ0n) is 10.5. The lowest BCUT2D eigenvalue weighted by Crippen LogP contribution is -1.94. The van der Waals surface area contributed by atoms with Crippen molar-refractivity contribution in [3.8, 4) is 6.07 Å². The number of ether oxygens (including phenoxy) is 1. The van der Waals surface area contributed by atoms with Crippen molar-refractivity contribution in [3.63, 3.8) is 0 Å². The van der Waals surface area contributed by atoms with Crippen LogP contribution in [-0.4, -0.2) is 18.4 Å². The average molecular weight is 252 g/mol. The van der Waals surface area contributed by atoms with E-state index in [1.807, 2.05) is 18.2 Å². The van der Waals surface area contributed by atoms with Gasteiger partial charge in [-0.2, -0.15) is 5.26 Å². The Labute approximate surface area is 111 Å². The first-order valence-corrected chi connectivity index (χ1v) is 5.76. The molecule has 0 atom stereocenters. The molecule has 1 heterocycles. The normalized spacial score (nSPS) is 14.4. The molecule has 0 amide bonds. The van der Waals surface area contributed by atoms with Gasteiger partial charge in [-0.1, -0.05) is 6.08 Å². The first-order valence-electron chi connectivity index (χ1n) is 5.76. The number of methoxy groups -OCH3 is 1. The van der Waals surface area contributed by atoms with E-state index in [1.165, 1.54) is 13.3 Å². The molecule has 0 aliphatic heterocycles. The highest BCUT2D eigenvalue weighted by Crippen LogP contribution is 2.23. The van der Waals surface area contributed by atoms with E-state index in [0.29, 0.717) is 23.3 Å². The second kappa shape index (κ2) is 5.78. The van der Waals surface area contributed by atoms with Crippen LogP contribution in [0.25, 0.3) is 5.57 Å². The van der Waals surface area contributed by atoms with Gasteiger partial charge in [-0.25, -0.2) is 0 Å². The van der Waals surface area contributed by atoms with Crippen LogP contribution in [-0.2, 0) is 9.53 Å². The number of aromatic nitrogens is 1. The molecule has 1 aromatic heterocycles. The maximum atomic E-state index is 11.1. The summed E-state index contributed by atoms with van der Waals surface area (Å²) < 4.78 is 5.16. The van der Waals surface area contributed by atoms with Gasteiger partial charge in [0.2, 0.25) is 0 Å². The molecule has 2 rings (SSSR count). The number of aldehydes is 1. The Bertz CT molecular complexity index is 617. The minimum absolute atomic E-state index is 0.484. The Morgan fingerprint density at radius 1 is 1.42 bits per heavy atom. The van der Waals surface area contributed by atoms with Crippen LogP contribution in [0, 0.1) is 11.3 Å². The highest BCUT2D eigenvalue weighted by molar-refractivity contribution is 5.87. The number of carbonyl (C=O) groups excluding carboxylic acids is 1. The molecule has 0 aromatic carbocycles. The molecule has 0 spiro atoms. The number of pyridine rings is 1. The number of hydrogen-bond acceptors (Lipinski definition) is 4. The summed E-state index contributed by atoms with van der Waals surface area (Å²) >= 11 is 0. The summed E-state index contributed by atoms with van der Waals surface area (Å²) in [6.07, 6.45) is 8.48. The quantitative estimate of drug-likeness (QED) is 0.775. The summed E-state index contributed by atoms with van der Waals surface area (Å²) in [6.45, 7) is 0. The Hall–Kier alpha value is -2.67. The van der Waals surface area contributed by atoms with E-state index in [9.17, 15) is 4.79 Å². The van der Waals surface area contributed by atoms with Gasteiger partial charge in [-0.3, -0.25) is 9.78 Å². The fourth-order valence-electron chi connectivity index (χ4n) is 1.81. The lowest BCUT2D eigenvalue weighted by atomic mass is 10.1. The highest BCUT2D eigenvalue weighted by Gasteiger charge is 2.10. The summed E-state index contributed by atoms with van der Waals surface area (Å²) in [5.74, 6) is 0.565. The molecule has 0 saturated carbocycles. The lowest BCUT2D eigenvalue weighted by Gasteiger charge is -2.04. The third-order valence-electron chi connectivity index (χ3n) is 2.77. The van der Waals surface area contributed by atoms with Crippen molar-refractivity contribution in [2.75, 3.05) is 7.11 Å². The van der Waals surface area contributed by atoms with E-state index < -0.39 is 0 Å². The zero-order chi connectivity index (χ0) is 13.7. The fraction of sp³-hybridized carbons (Fsp3) is 0.133. The monoisotopic (exact) mass is 252 g/mol. The first-order chi connectivity index (χ1) is 9.28. The largest absolute Gasteiger partial charge is 0.496 e. The van der Waals surface area contributed by atoms with Crippen molar-refractivity contribution >= 4 is 11.9 Å². The molecule has 4 nitrogen and oxygen atoms in total. The van der Waals surface area contributed by atoms with E-state index >= 15 is 0 Å². The lowest BCUT2D eigenvalue weighted by molar-refractivity contribution is -0.104. The molecule has 1 aliphatic rings. The van der Waals surface area contributed by atoms with Gasteiger partial charge < -0.3 is 4.74 Å². The smallest absolute Gasteiger partial charge is 0.153 e. The van der Waals surface area contributed by atoms with Gasteiger partial charge in [0.15, 0.2) is 6.29 Å². The van der Waals surface area contributed by atoms with Crippen LogP contribution in [0.4, 0.5) is 0 Å². The summed E-state index contributed by atoms with van der Waals surface area (Å²) in [7, 11) is 1.54. The van der Waals surface area contributed by atoms with E-state index in [4.69, 9.17) is 10.00 Å². The van der Waals surface area contributed by atoms with Gasteiger partial charge in [0.1, 0.15) is 11.8 Å². The van der Waals surface area contributed by atoms with Crippen molar-refractivity contribution in [2.45, 2.75) is 6.42 Å². The van der Waals surface area contributed by atoms with Crippen LogP contribution in [0.5, 0.6) is 0 Å². The number of nitriles is 1. The molecule has 0 fully saturated rings. The molecule has 0 N–H and O–H groups in total. The average Bonchev–Trinajstić information content (AvgIpc) is 2.69. The molecule has 0 unspecified atom stereocenters. The van der Waals surface area contributed by atoms with Crippen LogP contribution < -0.4 is 0 Å². The van der Waals surface area contributed by atoms with Crippen LogP contribution >= 0.6 is 0 Å². The van der Waals surface area contributed by atoms with E-state index in [-0.39, 0.29) is 0 Å². The molecule has 94 valence electrons. The Morgan fingerprint density at radius 2 is 2.26 bits per heavy atom. The Balaban J connectivity index is 2.37. The van der Waals surface area contributed by atoms with Crippen LogP contribution in [0.3, 0.4) is 0 Å². The second-order valence-electron chi connectivity index (χ2n) is 3.93. The standard InChI is InChI=1S/C15H12N2O2/c1-19-15-4-2-3-12(7-13(15)10-18)14-6-5-11(8-16)9-17-14/h3-7,9-10H,2H2,1H3. The molecular formula is C15H12N2O2. The minimum atomic E-state index is 0.484. The van der Waals surface area contributed by atoms with E-state index in [1.54, 1.807) is 18.2 Å². The van der Waals surface area contributed by atoms with Crippen molar-refractivity contribution < 1.29 is 9.53 Å². The summed E-state index contributed by atoms with van der Waals surface area (Å²) in [6, 6.07) is 5.49. The summed E-state index contributed by atoms with van der Waals surface area (Å²) in [5.41, 5.74) is 2.56. The highest BCUT2D eigenvalue weighted by atomic mass is 16.5. The van der Waals surface area contributed by atoms with Gasteiger partial charge in [0, 0.05) is 6.20 Å². The predicted octanol–water partition coefficient (Wildman–Crippen LogP) is 2.40. The first kappa shape index (κ1) is 12.8. The SMILES string of the molecule is COC1=CCC=C(c2ccc(C#N)cn2)C=C1C=O. The van der Waals surface area contributed by atoms with Crippen LogP contribution in [0.1, 0.15) is 17.7 Å². The second-order valence-corrected chi connectivity index (χ2v) is 3.93. The number of rotatable bonds is 3. The molecule has 0 bridgehead atoms. The van der Waals surface area contributed by atoms with Gasteiger partial charge in [-0.05, 0) is 36.3 Å². The van der Waals surface area contributed by atoms with Gasteiger partial charge in [0.25, 0.3) is 0 Å². The fourth-order valence-corrected chi connectivity index (χ4v) is 1.81. The maximum absolute atomic E-state index is 11.1.